The number of likely N-dealkylation sites (N-methyl/N-ethyl adjacent to an activating group) is 1. The van der Waals surface area contributed by atoms with Crippen LogP contribution in [0.25, 0.3) is 0 Å². The molecule has 0 bridgehead atoms. The lowest BCUT2D eigenvalue weighted by Crippen LogP contribution is -2.27. The van der Waals surface area contributed by atoms with E-state index in [4.69, 9.17) is 0 Å². The maximum absolute atomic E-state index is 3.57. The Labute approximate surface area is 99.0 Å². The summed E-state index contributed by atoms with van der Waals surface area (Å²) in [5.41, 5.74) is 0. The average Bonchev–Trinajstić information content (AvgIpc) is 2.59. The third-order valence-electron chi connectivity index (χ3n) is 2.44. The van der Waals surface area contributed by atoms with E-state index >= 15 is 0 Å². The summed E-state index contributed by atoms with van der Waals surface area (Å²) in [5.74, 6) is 0. The van der Waals surface area contributed by atoms with Gasteiger partial charge in [-0.25, -0.2) is 0 Å². The second kappa shape index (κ2) is 6.59. The summed E-state index contributed by atoms with van der Waals surface area (Å²) < 4.78 is 1.26. The van der Waals surface area contributed by atoms with E-state index < -0.39 is 0 Å². The Kier molecular flexibility index (Phi) is 5.75. The van der Waals surface area contributed by atoms with Gasteiger partial charge in [-0.05, 0) is 47.3 Å². The summed E-state index contributed by atoms with van der Waals surface area (Å²) in [5, 5.41) is 5.53. The second-order valence-corrected chi connectivity index (χ2v) is 5.38. The van der Waals surface area contributed by atoms with Crippen LogP contribution in [0.4, 0.5) is 0 Å². The van der Waals surface area contributed by atoms with Gasteiger partial charge in [-0.1, -0.05) is 19.8 Å². The summed E-state index contributed by atoms with van der Waals surface area (Å²) in [7, 11) is 2.06. The highest BCUT2D eigenvalue weighted by molar-refractivity contribution is 9.10. The van der Waals surface area contributed by atoms with E-state index in [9.17, 15) is 0 Å². The van der Waals surface area contributed by atoms with Crippen LogP contribution in [0.15, 0.2) is 15.9 Å². The number of rotatable bonds is 6. The minimum Gasteiger partial charge on any atom is -0.317 e. The molecule has 0 amide bonds. The van der Waals surface area contributed by atoms with Crippen LogP contribution >= 0.6 is 27.3 Å². The zero-order valence-electron chi connectivity index (χ0n) is 8.85. The highest BCUT2D eigenvalue weighted by Crippen LogP contribution is 2.24. The minimum atomic E-state index is 0.630. The van der Waals surface area contributed by atoms with Crippen LogP contribution in [0.3, 0.4) is 0 Å². The monoisotopic (exact) mass is 275 g/mol. The Morgan fingerprint density at radius 3 is 2.86 bits per heavy atom. The van der Waals surface area contributed by atoms with Crippen LogP contribution in [0.5, 0.6) is 0 Å². The maximum Gasteiger partial charge on any atom is 0.0314 e. The van der Waals surface area contributed by atoms with Gasteiger partial charge in [0.05, 0.1) is 0 Å². The van der Waals surface area contributed by atoms with Gasteiger partial charge in [-0.15, -0.1) is 11.3 Å². The van der Waals surface area contributed by atoms with E-state index in [1.807, 2.05) is 11.3 Å². The lowest BCUT2D eigenvalue weighted by atomic mass is 10.1. The molecule has 1 aromatic rings. The zero-order valence-corrected chi connectivity index (χ0v) is 11.2. The number of hydrogen-bond acceptors (Lipinski definition) is 2. The minimum absolute atomic E-state index is 0.630. The summed E-state index contributed by atoms with van der Waals surface area (Å²) >= 11 is 5.41. The van der Waals surface area contributed by atoms with Gasteiger partial charge in [-0.2, -0.15) is 0 Å². The summed E-state index contributed by atoms with van der Waals surface area (Å²) in [4.78, 5) is 1.46. The van der Waals surface area contributed by atoms with E-state index in [-0.39, 0.29) is 0 Å². The van der Waals surface area contributed by atoms with Crippen LogP contribution in [-0.4, -0.2) is 13.1 Å². The quantitative estimate of drug-likeness (QED) is 0.832. The molecule has 1 aromatic heterocycles. The molecule has 0 spiro atoms. The first-order valence-corrected chi connectivity index (χ1v) is 6.84. The smallest absolute Gasteiger partial charge is 0.0314 e. The van der Waals surface area contributed by atoms with E-state index in [1.165, 1.54) is 28.6 Å². The Morgan fingerprint density at radius 2 is 2.36 bits per heavy atom. The van der Waals surface area contributed by atoms with Gasteiger partial charge < -0.3 is 5.32 Å². The van der Waals surface area contributed by atoms with E-state index in [1.54, 1.807) is 0 Å². The predicted molar refractivity (Wildman–Crippen MR) is 68.1 cm³/mol. The van der Waals surface area contributed by atoms with Crippen molar-refractivity contribution in [2.24, 2.45) is 0 Å². The molecule has 3 heteroatoms. The molecule has 14 heavy (non-hydrogen) atoms. The summed E-state index contributed by atoms with van der Waals surface area (Å²) in [6, 6.07) is 2.76. The molecule has 1 atom stereocenters. The van der Waals surface area contributed by atoms with Crippen molar-refractivity contribution in [2.75, 3.05) is 7.05 Å². The molecule has 1 unspecified atom stereocenters. The molecular weight excluding hydrogens is 258 g/mol. The Bertz CT molecular complexity index is 260. The van der Waals surface area contributed by atoms with Crippen LogP contribution in [-0.2, 0) is 6.42 Å². The maximum atomic E-state index is 3.57. The fourth-order valence-electron chi connectivity index (χ4n) is 1.49. The first kappa shape index (κ1) is 12.2. The lowest BCUT2D eigenvalue weighted by molar-refractivity contribution is 0.501. The highest BCUT2D eigenvalue weighted by Gasteiger charge is 2.09. The molecule has 0 saturated carbocycles. The molecule has 1 N–H and O–H groups in total. The molecule has 0 aromatic carbocycles. The van der Waals surface area contributed by atoms with Gasteiger partial charge >= 0.3 is 0 Å². The third kappa shape index (κ3) is 3.71. The van der Waals surface area contributed by atoms with Crippen molar-refractivity contribution in [1.29, 1.82) is 0 Å². The average molecular weight is 276 g/mol. The molecule has 0 saturated heterocycles. The van der Waals surface area contributed by atoms with Crippen LogP contribution in [0.2, 0.25) is 0 Å². The number of hydrogen-bond donors (Lipinski definition) is 1. The Balaban J connectivity index is 2.44. The summed E-state index contributed by atoms with van der Waals surface area (Å²) in [6.07, 6.45) is 5.02. The van der Waals surface area contributed by atoms with Gasteiger partial charge in [-0.3, -0.25) is 0 Å². The molecule has 1 nitrogen and oxygen atoms in total. The van der Waals surface area contributed by atoms with Crippen molar-refractivity contribution in [2.45, 2.75) is 38.6 Å². The number of nitrogens with one attached hydrogen (secondary N) is 1. The van der Waals surface area contributed by atoms with Crippen molar-refractivity contribution < 1.29 is 0 Å². The SMILES string of the molecule is CCCCC(Cc1sccc1Br)NC. The lowest BCUT2D eigenvalue weighted by Gasteiger charge is -2.14. The largest absolute Gasteiger partial charge is 0.317 e. The Hall–Kier alpha value is 0.140. The van der Waals surface area contributed by atoms with Crippen molar-refractivity contribution in [3.63, 3.8) is 0 Å². The number of thiophene rings is 1. The van der Waals surface area contributed by atoms with Crippen molar-refractivity contribution in [3.8, 4) is 0 Å². The van der Waals surface area contributed by atoms with Gasteiger partial charge in [0.2, 0.25) is 0 Å². The molecule has 0 aliphatic heterocycles. The van der Waals surface area contributed by atoms with E-state index in [0.717, 1.165) is 6.42 Å². The van der Waals surface area contributed by atoms with Gasteiger partial charge in [0.25, 0.3) is 0 Å². The number of halogens is 1. The fourth-order valence-corrected chi connectivity index (χ4v) is 3.09. The van der Waals surface area contributed by atoms with Crippen LogP contribution in [0.1, 0.15) is 31.1 Å². The molecule has 0 radical (unpaired) electrons. The highest BCUT2D eigenvalue weighted by atomic mass is 79.9. The Morgan fingerprint density at radius 1 is 1.57 bits per heavy atom. The molecular formula is C11H18BrNS. The molecule has 1 heterocycles. The van der Waals surface area contributed by atoms with Crippen molar-refractivity contribution in [3.05, 3.63) is 20.8 Å². The molecule has 80 valence electrons. The zero-order chi connectivity index (χ0) is 10.4. The van der Waals surface area contributed by atoms with Crippen molar-refractivity contribution in [1.82, 2.24) is 5.32 Å². The first-order chi connectivity index (χ1) is 6.77. The normalized spacial score (nSPS) is 13.1. The summed E-state index contributed by atoms with van der Waals surface area (Å²) in [6.45, 7) is 2.24. The molecule has 0 fully saturated rings. The molecule has 0 aliphatic carbocycles. The first-order valence-electron chi connectivity index (χ1n) is 5.17. The second-order valence-electron chi connectivity index (χ2n) is 3.52. The van der Waals surface area contributed by atoms with Gasteiger partial charge in [0, 0.05) is 15.4 Å². The van der Waals surface area contributed by atoms with Crippen LogP contribution in [0, 0.1) is 0 Å². The van der Waals surface area contributed by atoms with E-state index in [0.29, 0.717) is 6.04 Å². The predicted octanol–water partition coefficient (Wildman–Crippen LogP) is 3.83. The van der Waals surface area contributed by atoms with Gasteiger partial charge in [0.1, 0.15) is 0 Å². The van der Waals surface area contributed by atoms with E-state index in [2.05, 4.69) is 46.7 Å². The van der Waals surface area contributed by atoms with Crippen LogP contribution < -0.4 is 5.32 Å². The number of unbranched alkanes of at least 4 members (excludes halogenated alkanes) is 1. The fraction of sp³-hybridized carbons (Fsp3) is 0.636. The molecule has 1 rings (SSSR count). The third-order valence-corrected chi connectivity index (χ3v) is 4.39. The topological polar surface area (TPSA) is 12.0 Å². The standard InChI is InChI=1S/C11H18BrNS/c1-3-4-5-9(13-2)8-11-10(12)6-7-14-11/h6-7,9,13H,3-5,8H2,1-2H3. The van der Waals surface area contributed by atoms with Gasteiger partial charge in [0.15, 0.2) is 0 Å². The van der Waals surface area contributed by atoms with Crippen molar-refractivity contribution >= 4 is 27.3 Å². The molecule has 0 aliphatic rings.